The van der Waals surface area contributed by atoms with E-state index in [0.29, 0.717) is 0 Å². The fourth-order valence-electron chi connectivity index (χ4n) is 1.68. The van der Waals surface area contributed by atoms with Crippen molar-refractivity contribution in [1.82, 2.24) is 0 Å². The highest BCUT2D eigenvalue weighted by atomic mass is 16.6. The average molecular weight is 285 g/mol. The quantitative estimate of drug-likeness (QED) is 0.445. The molecule has 110 valence electrons. The van der Waals surface area contributed by atoms with Gasteiger partial charge in [-0.25, -0.2) is 0 Å². The van der Waals surface area contributed by atoms with Gasteiger partial charge in [-0.15, -0.1) is 0 Å². The number of carbonyl (C=O) groups is 1. The van der Waals surface area contributed by atoms with Crippen molar-refractivity contribution in [2.75, 3.05) is 21.3 Å². The highest BCUT2D eigenvalue weighted by Crippen LogP contribution is 2.44. The van der Waals surface area contributed by atoms with Crippen LogP contribution in [0.5, 0.6) is 17.2 Å². The van der Waals surface area contributed by atoms with Gasteiger partial charge in [0.2, 0.25) is 11.5 Å². The lowest BCUT2D eigenvalue weighted by Gasteiger charge is -2.15. The zero-order valence-corrected chi connectivity index (χ0v) is 11.6. The van der Waals surface area contributed by atoms with Gasteiger partial charge in [0.05, 0.1) is 31.8 Å². The molecule has 0 saturated carbocycles. The van der Waals surface area contributed by atoms with E-state index in [-0.39, 0.29) is 35.1 Å². The van der Waals surface area contributed by atoms with Crippen LogP contribution in [-0.4, -0.2) is 32.2 Å². The van der Waals surface area contributed by atoms with E-state index < -0.39 is 10.9 Å². The minimum Gasteiger partial charge on any atom is -0.496 e. The largest absolute Gasteiger partial charge is 0.496 e. The molecule has 0 heterocycles. The second-order valence-electron chi connectivity index (χ2n) is 3.68. The van der Waals surface area contributed by atoms with E-state index in [1.54, 1.807) is 0 Å². The first-order valence-electron chi connectivity index (χ1n) is 5.55. The Morgan fingerprint density at radius 1 is 1.20 bits per heavy atom. The molecule has 1 rings (SSSR count). The summed E-state index contributed by atoms with van der Waals surface area (Å²) in [6, 6.07) is 1.35. The molecular weight excluding hydrogens is 270 g/mol. The molecule has 8 heteroatoms. The van der Waals surface area contributed by atoms with E-state index in [1.807, 2.05) is 0 Å². The molecule has 0 radical (unpaired) electrons. The van der Waals surface area contributed by atoms with Crippen LogP contribution in [0.25, 0.3) is 0 Å². The molecule has 8 nitrogen and oxygen atoms in total. The van der Waals surface area contributed by atoms with E-state index in [0.717, 1.165) is 0 Å². The third-order valence-corrected chi connectivity index (χ3v) is 2.53. The van der Waals surface area contributed by atoms with Crippen molar-refractivity contribution in [3.8, 4) is 17.2 Å². The third kappa shape index (κ3) is 3.08. The van der Waals surface area contributed by atoms with Gasteiger partial charge < -0.3 is 18.9 Å². The Morgan fingerprint density at radius 3 is 2.20 bits per heavy atom. The Kier molecular flexibility index (Phi) is 5.13. The van der Waals surface area contributed by atoms with Gasteiger partial charge in [0, 0.05) is 13.0 Å². The van der Waals surface area contributed by atoms with Crippen molar-refractivity contribution in [2.24, 2.45) is 0 Å². The summed E-state index contributed by atoms with van der Waals surface area (Å²) in [5, 5.41) is 11.1. The average Bonchev–Trinajstić information content (AvgIpc) is 2.42. The molecule has 0 aliphatic heterocycles. The lowest BCUT2D eigenvalue weighted by Crippen LogP contribution is -2.06. The molecular formula is C12H15NO7. The lowest BCUT2D eigenvalue weighted by atomic mass is 10.1. The van der Waals surface area contributed by atoms with Gasteiger partial charge in [0.1, 0.15) is 12.4 Å². The van der Waals surface area contributed by atoms with Crippen LogP contribution in [0.2, 0.25) is 0 Å². The number of hydrogen-bond acceptors (Lipinski definition) is 7. The van der Waals surface area contributed by atoms with Gasteiger partial charge >= 0.3 is 11.7 Å². The number of nitro groups is 1. The molecule has 0 fully saturated rings. The Hall–Kier alpha value is -2.51. The van der Waals surface area contributed by atoms with E-state index in [1.165, 1.54) is 34.3 Å². The molecule has 20 heavy (non-hydrogen) atoms. The van der Waals surface area contributed by atoms with Gasteiger partial charge in [0.25, 0.3) is 0 Å². The SMILES string of the molecule is COc1cc(OC)c([N+](=O)[O-])c(OC)c1COC(C)=O. The van der Waals surface area contributed by atoms with Crippen molar-refractivity contribution in [2.45, 2.75) is 13.5 Å². The van der Waals surface area contributed by atoms with Crippen molar-refractivity contribution in [1.29, 1.82) is 0 Å². The van der Waals surface area contributed by atoms with Gasteiger partial charge in [-0.3, -0.25) is 14.9 Å². The van der Waals surface area contributed by atoms with Crippen LogP contribution in [0.15, 0.2) is 6.07 Å². The highest BCUT2D eigenvalue weighted by Gasteiger charge is 2.29. The first-order chi connectivity index (χ1) is 9.46. The molecule has 0 spiro atoms. The van der Waals surface area contributed by atoms with Crippen LogP contribution in [0.4, 0.5) is 5.69 Å². The summed E-state index contributed by atoms with van der Waals surface area (Å²) in [4.78, 5) is 21.4. The van der Waals surface area contributed by atoms with Crippen LogP contribution in [0.3, 0.4) is 0 Å². The zero-order chi connectivity index (χ0) is 15.3. The number of nitrogens with zero attached hydrogens (tertiary/aromatic N) is 1. The normalized spacial score (nSPS) is 9.80. The Labute approximate surface area is 115 Å². The number of ether oxygens (including phenoxy) is 4. The highest BCUT2D eigenvalue weighted by molar-refractivity contribution is 5.68. The predicted octanol–water partition coefficient (Wildman–Crippen LogP) is 1.68. The maximum atomic E-state index is 11.1. The number of hydrogen-bond donors (Lipinski definition) is 0. The molecule has 0 N–H and O–H groups in total. The standard InChI is InChI=1S/C12H15NO7/c1-7(14)20-6-8-9(17-2)5-10(18-3)11(13(15)16)12(8)19-4/h5H,6H2,1-4H3. The van der Waals surface area contributed by atoms with Crippen LogP contribution in [0.1, 0.15) is 12.5 Å². The summed E-state index contributed by atoms with van der Waals surface area (Å²) < 4.78 is 20.0. The number of esters is 1. The first-order valence-corrected chi connectivity index (χ1v) is 5.55. The minimum absolute atomic E-state index is 0.00437. The number of benzene rings is 1. The number of nitro benzene ring substituents is 1. The Morgan fingerprint density at radius 2 is 1.80 bits per heavy atom. The summed E-state index contributed by atoms with van der Waals surface area (Å²) >= 11 is 0. The van der Waals surface area contributed by atoms with Crippen LogP contribution >= 0.6 is 0 Å². The molecule has 0 unspecified atom stereocenters. The summed E-state index contributed by atoms with van der Waals surface area (Å²) in [5.74, 6) is -0.319. The Balaban J connectivity index is 3.49. The topological polar surface area (TPSA) is 97.1 Å². The van der Waals surface area contributed by atoms with Gasteiger partial charge in [-0.1, -0.05) is 0 Å². The number of rotatable bonds is 6. The minimum atomic E-state index is -0.631. The van der Waals surface area contributed by atoms with Crippen LogP contribution < -0.4 is 14.2 Å². The molecule has 0 aliphatic rings. The van der Waals surface area contributed by atoms with Gasteiger partial charge in [-0.2, -0.15) is 0 Å². The summed E-state index contributed by atoms with van der Waals surface area (Å²) in [7, 11) is 3.96. The molecule has 0 atom stereocenters. The molecule has 0 amide bonds. The second kappa shape index (κ2) is 6.60. The van der Waals surface area contributed by atoms with E-state index >= 15 is 0 Å². The second-order valence-corrected chi connectivity index (χ2v) is 3.68. The first kappa shape index (κ1) is 15.5. The van der Waals surface area contributed by atoms with E-state index in [2.05, 4.69) is 0 Å². The van der Waals surface area contributed by atoms with E-state index in [9.17, 15) is 14.9 Å². The summed E-state index contributed by atoms with van der Waals surface area (Å²) in [6.07, 6.45) is 0. The maximum Gasteiger partial charge on any atom is 0.353 e. The van der Waals surface area contributed by atoms with Crippen LogP contribution in [0, 0.1) is 10.1 Å². The van der Waals surface area contributed by atoms with Crippen molar-refractivity contribution in [3.05, 3.63) is 21.7 Å². The van der Waals surface area contributed by atoms with Crippen LogP contribution in [-0.2, 0) is 16.1 Å². The van der Waals surface area contributed by atoms with Crippen molar-refractivity contribution < 1.29 is 28.7 Å². The Bertz CT molecular complexity index is 527. The zero-order valence-electron chi connectivity index (χ0n) is 11.6. The lowest BCUT2D eigenvalue weighted by molar-refractivity contribution is -0.386. The fourth-order valence-corrected chi connectivity index (χ4v) is 1.68. The number of methoxy groups -OCH3 is 3. The van der Waals surface area contributed by atoms with Crippen molar-refractivity contribution >= 4 is 11.7 Å². The maximum absolute atomic E-state index is 11.1. The molecule has 0 bridgehead atoms. The van der Waals surface area contributed by atoms with E-state index in [4.69, 9.17) is 18.9 Å². The summed E-state index contributed by atoms with van der Waals surface area (Å²) in [6.45, 7) is 1.03. The molecule has 0 aliphatic carbocycles. The predicted molar refractivity (Wildman–Crippen MR) is 68.2 cm³/mol. The molecule has 1 aromatic rings. The molecule has 0 saturated heterocycles. The summed E-state index contributed by atoms with van der Waals surface area (Å²) in [5.41, 5.74) is -0.0874. The fraction of sp³-hybridized carbons (Fsp3) is 0.417. The smallest absolute Gasteiger partial charge is 0.353 e. The van der Waals surface area contributed by atoms with Crippen molar-refractivity contribution in [3.63, 3.8) is 0 Å². The molecule has 1 aromatic carbocycles. The molecule has 0 aromatic heterocycles. The van der Waals surface area contributed by atoms with Gasteiger partial charge in [0.15, 0.2) is 0 Å². The number of carbonyl (C=O) groups excluding carboxylic acids is 1. The van der Waals surface area contributed by atoms with Gasteiger partial charge in [-0.05, 0) is 0 Å². The monoisotopic (exact) mass is 285 g/mol. The third-order valence-electron chi connectivity index (χ3n) is 2.53.